The summed E-state index contributed by atoms with van der Waals surface area (Å²) in [5.41, 5.74) is -1.36. The standard InChI is InChI=1S/C21H39BN2O6/c1-19(2,3)28-18(26)24-13-15(23-8)14(16(24)17(25)27-9)11-10-12-22-29-20(4,5)21(6,7)30-22/h14-16,23H,10-13H2,1-9H3/t14?,15-,16-/m0/s1. The maximum absolute atomic E-state index is 12.8. The molecule has 0 spiro atoms. The SMILES string of the molecule is CN[C@H]1CN(C(=O)OC(C)(C)C)[C@H](C(=O)OC)C1CCCB1OC(C)(C)C(C)(C)O1. The number of carbonyl (C=O) groups is 2. The number of likely N-dealkylation sites (tertiary alicyclic amines) is 1. The van der Waals surface area contributed by atoms with Gasteiger partial charge in [0.25, 0.3) is 0 Å². The van der Waals surface area contributed by atoms with Crippen LogP contribution in [0.3, 0.4) is 0 Å². The molecule has 2 aliphatic rings. The Hall–Kier alpha value is -1.32. The van der Waals surface area contributed by atoms with Gasteiger partial charge in [0, 0.05) is 18.5 Å². The number of likely N-dealkylation sites (N-methyl/N-ethyl adjacent to an activating group) is 1. The maximum Gasteiger partial charge on any atom is 0.457 e. The van der Waals surface area contributed by atoms with Crippen LogP contribution < -0.4 is 5.32 Å². The summed E-state index contributed by atoms with van der Waals surface area (Å²) in [6, 6.07) is -0.708. The fourth-order valence-electron chi connectivity index (χ4n) is 4.11. The normalized spacial score (nSPS) is 28.0. The lowest BCUT2D eigenvalue weighted by atomic mass is 9.79. The van der Waals surface area contributed by atoms with Crippen molar-refractivity contribution in [3.63, 3.8) is 0 Å². The minimum absolute atomic E-state index is 0.0279. The maximum atomic E-state index is 12.8. The fourth-order valence-corrected chi connectivity index (χ4v) is 4.11. The summed E-state index contributed by atoms with van der Waals surface area (Å²) < 4.78 is 22.7. The molecule has 2 fully saturated rings. The molecule has 1 N–H and O–H groups in total. The number of nitrogens with one attached hydrogen (secondary N) is 1. The Bertz CT molecular complexity index is 617. The lowest BCUT2D eigenvalue weighted by Crippen LogP contribution is -2.46. The molecular weight excluding hydrogens is 387 g/mol. The van der Waals surface area contributed by atoms with Gasteiger partial charge in [0.1, 0.15) is 11.6 Å². The number of methoxy groups -OCH3 is 1. The Kier molecular flexibility index (Phi) is 7.52. The van der Waals surface area contributed by atoms with E-state index < -0.39 is 23.7 Å². The van der Waals surface area contributed by atoms with Gasteiger partial charge in [-0.1, -0.05) is 6.42 Å². The fraction of sp³-hybridized carbons (Fsp3) is 0.905. The largest absolute Gasteiger partial charge is 0.467 e. The van der Waals surface area contributed by atoms with E-state index in [0.717, 1.165) is 19.2 Å². The molecular formula is C21H39BN2O6. The Morgan fingerprint density at radius 3 is 2.20 bits per heavy atom. The first-order valence-corrected chi connectivity index (χ1v) is 10.8. The van der Waals surface area contributed by atoms with Crippen molar-refractivity contribution in [2.75, 3.05) is 20.7 Å². The highest BCUT2D eigenvalue weighted by Gasteiger charge is 2.52. The van der Waals surface area contributed by atoms with Crippen molar-refractivity contribution in [3.05, 3.63) is 0 Å². The number of esters is 1. The molecule has 1 amide bonds. The second-order valence-electron chi connectivity index (χ2n) is 10.3. The smallest absolute Gasteiger partial charge is 0.457 e. The third-order valence-electron chi connectivity index (χ3n) is 6.37. The first-order chi connectivity index (χ1) is 13.7. The van der Waals surface area contributed by atoms with Gasteiger partial charge in [-0.15, -0.1) is 0 Å². The number of hydrogen-bond acceptors (Lipinski definition) is 7. The average Bonchev–Trinajstić information content (AvgIpc) is 3.06. The van der Waals surface area contributed by atoms with Gasteiger partial charge in [0.05, 0.1) is 18.3 Å². The van der Waals surface area contributed by atoms with Crippen LogP contribution >= 0.6 is 0 Å². The van der Waals surface area contributed by atoms with Gasteiger partial charge in [-0.2, -0.15) is 0 Å². The summed E-state index contributed by atoms with van der Waals surface area (Å²) in [6.45, 7) is 14.0. The molecule has 2 heterocycles. The highest BCUT2D eigenvalue weighted by molar-refractivity contribution is 6.45. The Morgan fingerprint density at radius 1 is 1.17 bits per heavy atom. The predicted molar refractivity (Wildman–Crippen MR) is 115 cm³/mol. The molecule has 172 valence electrons. The highest BCUT2D eigenvalue weighted by Crippen LogP contribution is 2.39. The Labute approximate surface area is 181 Å². The van der Waals surface area contributed by atoms with E-state index in [2.05, 4.69) is 5.32 Å². The third-order valence-corrected chi connectivity index (χ3v) is 6.37. The van der Waals surface area contributed by atoms with E-state index >= 15 is 0 Å². The first kappa shape index (κ1) is 24.9. The van der Waals surface area contributed by atoms with Gasteiger partial charge in [-0.3, -0.25) is 4.90 Å². The van der Waals surface area contributed by atoms with E-state index in [9.17, 15) is 9.59 Å². The number of ether oxygens (including phenoxy) is 2. The van der Waals surface area contributed by atoms with E-state index in [1.807, 2.05) is 55.5 Å². The summed E-state index contributed by atoms with van der Waals surface area (Å²) >= 11 is 0. The summed E-state index contributed by atoms with van der Waals surface area (Å²) in [4.78, 5) is 26.9. The first-order valence-electron chi connectivity index (χ1n) is 10.8. The van der Waals surface area contributed by atoms with Crippen molar-refractivity contribution in [1.29, 1.82) is 0 Å². The molecule has 2 aliphatic heterocycles. The van der Waals surface area contributed by atoms with Crippen LogP contribution in [0.15, 0.2) is 0 Å². The summed E-state index contributed by atoms with van der Waals surface area (Å²) in [7, 11) is 2.92. The van der Waals surface area contributed by atoms with Gasteiger partial charge >= 0.3 is 19.2 Å². The minimum Gasteiger partial charge on any atom is -0.467 e. The van der Waals surface area contributed by atoms with Crippen LogP contribution in [0, 0.1) is 5.92 Å². The van der Waals surface area contributed by atoms with Crippen molar-refractivity contribution in [1.82, 2.24) is 10.2 Å². The highest BCUT2D eigenvalue weighted by atomic mass is 16.7. The molecule has 30 heavy (non-hydrogen) atoms. The zero-order chi connectivity index (χ0) is 22.9. The zero-order valence-corrected chi connectivity index (χ0v) is 20.0. The number of nitrogens with zero attached hydrogens (tertiary/aromatic N) is 1. The van der Waals surface area contributed by atoms with Crippen molar-refractivity contribution >= 4 is 19.2 Å². The number of amides is 1. The molecule has 2 rings (SSSR count). The van der Waals surface area contributed by atoms with E-state index in [1.165, 1.54) is 12.0 Å². The number of rotatable bonds is 6. The summed E-state index contributed by atoms with van der Waals surface area (Å²) in [5, 5.41) is 3.26. The molecule has 0 saturated carbocycles. The van der Waals surface area contributed by atoms with Gasteiger partial charge in [0.2, 0.25) is 0 Å². The van der Waals surface area contributed by atoms with Crippen LogP contribution in [-0.4, -0.2) is 73.7 Å². The molecule has 0 bridgehead atoms. The lowest BCUT2D eigenvalue weighted by Gasteiger charge is -2.32. The second-order valence-corrected chi connectivity index (χ2v) is 10.3. The number of carbonyl (C=O) groups excluding carboxylic acids is 2. The quantitative estimate of drug-likeness (QED) is 0.516. The molecule has 9 heteroatoms. The van der Waals surface area contributed by atoms with Crippen molar-refractivity contribution in [2.24, 2.45) is 5.92 Å². The second kappa shape index (κ2) is 9.05. The predicted octanol–water partition coefficient (Wildman–Crippen LogP) is 2.86. The zero-order valence-electron chi connectivity index (χ0n) is 20.0. The van der Waals surface area contributed by atoms with Crippen LogP contribution in [0.5, 0.6) is 0 Å². The van der Waals surface area contributed by atoms with E-state index in [4.69, 9.17) is 18.8 Å². The molecule has 0 aromatic carbocycles. The molecule has 0 aliphatic carbocycles. The van der Waals surface area contributed by atoms with Crippen LogP contribution in [0.1, 0.15) is 61.3 Å². The summed E-state index contributed by atoms with van der Waals surface area (Å²) in [6.07, 6.45) is 1.76. The van der Waals surface area contributed by atoms with Crippen LogP contribution in [0.2, 0.25) is 6.32 Å². The minimum atomic E-state index is -0.680. The topological polar surface area (TPSA) is 86.3 Å². The van der Waals surface area contributed by atoms with Crippen molar-refractivity contribution in [3.8, 4) is 0 Å². The lowest BCUT2D eigenvalue weighted by molar-refractivity contribution is -0.147. The molecule has 1 unspecified atom stereocenters. The molecule has 0 aromatic rings. The van der Waals surface area contributed by atoms with Crippen LogP contribution in [-0.2, 0) is 23.6 Å². The van der Waals surface area contributed by atoms with E-state index in [1.54, 1.807) is 0 Å². The molecule has 8 nitrogen and oxygen atoms in total. The molecule has 0 aromatic heterocycles. The van der Waals surface area contributed by atoms with Crippen LogP contribution in [0.25, 0.3) is 0 Å². The molecule has 2 saturated heterocycles. The monoisotopic (exact) mass is 426 g/mol. The van der Waals surface area contributed by atoms with Crippen molar-refractivity contribution in [2.45, 2.75) is 96.5 Å². The molecule has 3 atom stereocenters. The van der Waals surface area contributed by atoms with Crippen molar-refractivity contribution < 1.29 is 28.4 Å². The summed E-state index contributed by atoms with van der Waals surface area (Å²) in [5.74, 6) is -0.503. The third kappa shape index (κ3) is 5.48. The van der Waals surface area contributed by atoms with Gasteiger partial charge < -0.3 is 24.1 Å². The number of hydrogen-bond donors (Lipinski definition) is 1. The van der Waals surface area contributed by atoms with Gasteiger partial charge in [-0.05, 0) is 68.3 Å². The Morgan fingerprint density at radius 2 is 1.73 bits per heavy atom. The van der Waals surface area contributed by atoms with Crippen LogP contribution in [0.4, 0.5) is 4.79 Å². The van der Waals surface area contributed by atoms with E-state index in [0.29, 0.717) is 6.54 Å². The van der Waals surface area contributed by atoms with Gasteiger partial charge in [0.15, 0.2) is 0 Å². The van der Waals surface area contributed by atoms with E-state index in [-0.39, 0.29) is 30.3 Å². The molecule has 0 radical (unpaired) electrons. The average molecular weight is 426 g/mol. The van der Waals surface area contributed by atoms with Gasteiger partial charge in [-0.25, -0.2) is 9.59 Å². The Balaban J connectivity index is 2.07.